The summed E-state index contributed by atoms with van der Waals surface area (Å²) in [5.41, 5.74) is 0.710. The molecule has 2 aliphatic rings. The first kappa shape index (κ1) is 17.4. The Balaban J connectivity index is 1.80. The third kappa shape index (κ3) is 3.11. The molecule has 1 aromatic carbocycles. The van der Waals surface area contributed by atoms with Crippen LogP contribution in [0.25, 0.3) is 0 Å². The molecular weight excluding hydrogens is 322 g/mol. The third-order valence-corrected chi connectivity index (χ3v) is 4.91. The summed E-state index contributed by atoms with van der Waals surface area (Å²) in [6.07, 6.45) is 0.420. The van der Waals surface area contributed by atoms with E-state index in [1.807, 2.05) is 38.1 Å². The SMILES string of the molecule is CC[C@]1(c2ccc(C)cc2)NC(=O)N(CC(=O)N2CCOCC2)C1=O. The van der Waals surface area contributed by atoms with Gasteiger partial charge in [-0.3, -0.25) is 14.5 Å². The minimum absolute atomic E-state index is 0.234. The molecule has 134 valence electrons. The molecule has 0 saturated carbocycles. The van der Waals surface area contributed by atoms with E-state index in [-0.39, 0.29) is 18.4 Å². The topological polar surface area (TPSA) is 79.0 Å². The van der Waals surface area contributed by atoms with Crippen molar-refractivity contribution in [3.8, 4) is 0 Å². The molecule has 4 amide bonds. The van der Waals surface area contributed by atoms with Crippen molar-refractivity contribution in [3.63, 3.8) is 0 Å². The van der Waals surface area contributed by atoms with Gasteiger partial charge in [0.2, 0.25) is 5.91 Å². The zero-order valence-corrected chi connectivity index (χ0v) is 14.6. The fraction of sp³-hybridized carbons (Fsp3) is 0.500. The number of carbonyl (C=O) groups excluding carboxylic acids is 3. The van der Waals surface area contributed by atoms with Gasteiger partial charge in [-0.25, -0.2) is 4.79 Å². The van der Waals surface area contributed by atoms with Crippen LogP contribution in [-0.4, -0.2) is 60.5 Å². The average Bonchev–Trinajstić information content (AvgIpc) is 2.88. The minimum atomic E-state index is -1.10. The molecule has 7 heteroatoms. The maximum Gasteiger partial charge on any atom is 0.325 e. The van der Waals surface area contributed by atoms with Crippen LogP contribution < -0.4 is 5.32 Å². The quantitative estimate of drug-likeness (QED) is 0.826. The Morgan fingerprint density at radius 2 is 1.84 bits per heavy atom. The predicted molar refractivity (Wildman–Crippen MR) is 90.8 cm³/mol. The molecule has 0 aliphatic carbocycles. The number of carbonyl (C=O) groups is 3. The number of hydrogen-bond acceptors (Lipinski definition) is 4. The fourth-order valence-corrected chi connectivity index (χ4v) is 3.30. The lowest BCUT2D eigenvalue weighted by Crippen LogP contribution is -2.48. The highest BCUT2D eigenvalue weighted by atomic mass is 16.5. The number of morpholine rings is 1. The summed E-state index contributed by atoms with van der Waals surface area (Å²) < 4.78 is 5.23. The van der Waals surface area contributed by atoms with Gasteiger partial charge in [0, 0.05) is 13.1 Å². The average molecular weight is 345 g/mol. The van der Waals surface area contributed by atoms with Gasteiger partial charge in [-0.2, -0.15) is 0 Å². The summed E-state index contributed by atoms with van der Waals surface area (Å²) in [5, 5.41) is 2.80. The lowest BCUT2D eigenvalue weighted by molar-refractivity contribution is -0.141. The number of benzene rings is 1. The van der Waals surface area contributed by atoms with Crippen LogP contribution in [0.3, 0.4) is 0 Å². The van der Waals surface area contributed by atoms with Gasteiger partial charge in [0.1, 0.15) is 12.1 Å². The number of aryl methyl sites for hydroxylation is 1. The number of urea groups is 1. The first-order chi connectivity index (χ1) is 12.0. The molecule has 0 radical (unpaired) electrons. The van der Waals surface area contributed by atoms with E-state index in [4.69, 9.17) is 4.74 Å². The van der Waals surface area contributed by atoms with Crippen molar-refractivity contribution in [2.45, 2.75) is 25.8 Å². The number of nitrogens with zero attached hydrogens (tertiary/aromatic N) is 2. The van der Waals surface area contributed by atoms with Crippen LogP contribution >= 0.6 is 0 Å². The molecule has 0 bridgehead atoms. The smallest absolute Gasteiger partial charge is 0.325 e. The molecule has 2 heterocycles. The van der Waals surface area contributed by atoms with Gasteiger partial charge in [0.15, 0.2) is 0 Å². The van der Waals surface area contributed by atoms with Crippen LogP contribution in [0.15, 0.2) is 24.3 Å². The van der Waals surface area contributed by atoms with Crippen molar-refractivity contribution in [1.82, 2.24) is 15.1 Å². The van der Waals surface area contributed by atoms with Crippen LogP contribution in [-0.2, 0) is 19.9 Å². The lowest BCUT2D eigenvalue weighted by Gasteiger charge is -2.29. The van der Waals surface area contributed by atoms with E-state index in [1.54, 1.807) is 4.90 Å². The maximum absolute atomic E-state index is 13.0. The Kier molecular flexibility index (Phi) is 4.76. The fourth-order valence-electron chi connectivity index (χ4n) is 3.30. The second-order valence-electron chi connectivity index (χ2n) is 6.44. The third-order valence-electron chi connectivity index (χ3n) is 4.91. The van der Waals surface area contributed by atoms with Crippen LogP contribution in [0.4, 0.5) is 4.79 Å². The van der Waals surface area contributed by atoms with Crippen LogP contribution in [0, 0.1) is 6.92 Å². The highest BCUT2D eigenvalue weighted by molar-refractivity contribution is 6.09. The van der Waals surface area contributed by atoms with Gasteiger partial charge in [-0.05, 0) is 18.9 Å². The summed E-state index contributed by atoms with van der Waals surface area (Å²) in [5.74, 6) is -0.604. The van der Waals surface area contributed by atoms with Crippen molar-refractivity contribution in [3.05, 3.63) is 35.4 Å². The minimum Gasteiger partial charge on any atom is -0.378 e. The zero-order chi connectivity index (χ0) is 18.0. The van der Waals surface area contributed by atoms with Gasteiger partial charge in [-0.1, -0.05) is 36.8 Å². The van der Waals surface area contributed by atoms with Gasteiger partial charge in [0.25, 0.3) is 5.91 Å². The van der Waals surface area contributed by atoms with E-state index in [0.29, 0.717) is 32.7 Å². The lowest BCUT2D eigenvalue weighted by atomic mass is 9.87. The molecule has 25 heavy (non-hydrogen) atoms. The molecule has 2 aliphatic heterocycles. The molecule has 2 fully saturated rings. The van der Waals surface area contributed by atoms with Crippen LogP contribution in [0.5, 0.6) is 0 Å². The van der Waals surface area contributed by atoms with E-state index >= 15 is 0 Å². The zero-order valence-electron chi connectivity index (χ0n) is 14.6. The summed E-state index contributed by atoms with van der Waals surface area (Å²) in [7, 11) is 0. The molecule has 1 N–H and O–H groups in total. The van der Waals surface area contributed by atoms with Gasteiger partial charge >= 0.3 is 6.03 Å². The second-order valence-corrected chi connectivity index (χ2v) is 6.44. The standard InChI is InChI=1S/C18H23N3O4/c1-3-18(14-6-4-13(2)5-7-14)16(23)21(17(24)19-18)12-15(22)20-8-10-25-11-9-20/h4-7H,3,8-12H2,1-2H3,(H,19,24)/t18-/m1/s1. The number of nitrogens with one attached hydrogen (secondary N) is 1. The molecule has 3 rings (SSSR count). The Morgan fingerprint density at radius 3 is 2.44 bits per heavy atom. The number of hydrogen-bond donors (Lipinski definition) is 1. The van der Waals surface area contributed by atoms with Crippen molar-refractivity contribution < 1.29 is 19.1 Å². The van der Waals surface area contributed by atoms with Crippen LogP contribution in [0.2, 0.25) is 0 Å². The molecule has 2 saturated heterocycles. The number of amides is 4. The molecule has 0 spiro atoms. The Morgan fingerprint density at radius 1 is 1.20 bits per heavy atom. The first-order valence-corrected chi connectivity index (χ1v) is 8.54. The van der Waals surface area contributed by atoms with E-state index in [2.05, 4.69) is 5.32 Å². The Labute approximate surface area is 146 Å². The van der Waals surface area contributed by atoms with E-state index in [1.165, 1.54) is 0 Å². The normalized spacial score (nSPS) is 23.8. The summed E-state index contributed by atoms with van der Waals surface area (Å²) in [6.45, 7) is 5.51. The van der Waals surface area contributed by atoms with Crippen molar-refractivity contribution >= 4 is 17.8 Å². The molecule has 1 atom stereocenters. The molecule has 7 nitrogen and oxygen atoms in total. The Bertz CT molecular complexity index is 682. The van der Waals surface area contributed by atoms with E-state index in [9.17, 15) is 14.4 Å². The highest BCUT2D eigenvalue weighted by Crippen LogP contribution is 2.32. The summed E-state index contributed by atoms with van der Waals surface area (Å²) >= 11 is 0. The number of rotatable bonds is 4. The first-order valence-electron chi connectivity index (χ1n) is 8.54. The summed E-state index contributed by atoms with van der Waals surface area (Å²) in [4.78, 5) is 40.5. The van der Waals surface area contributed by atoms with Crippen LogP contribution in [0.1, 0.15) is 24.5 Å². The number of imide groups is 1. The Hall–Kier alpha value is -2.41. The van der Waals surface area contributed by atoms with Crippen molar-refractivity contribution in [2.75, 3.05) is 32.8 Å². The number of ether oxygens (including phenoxy) is 1. The molecule has 0 aromatic heterocycles. The highest BCUT2D eigenvalue weighted by Gasteiger charge is 2.51. The van der Waals surface area contributed by atoms with Gasteiger partial charge in [0.05, 0.1) is 13.2 Å². The largest absolute Gasteiger partial charge is 0.378 e. The van der Waals surface area contributed by atoms with E-state index < -0.39 is 11.6 Å². The van der Waals surface area contributed by atoms with Crippen molar-refractivity contribution in [1.29, 1.82) is 0 Å². The van der Waals surface area contributed by atoms with Crippen molar-refractivity contribution in [2.24, 2.45) is 0 Å². The summed E-state index contributed by atoms with van der Waals surface area (Å²) in [6, 6.07) is 7.00. The van der Waals surface area contributed by atoms with Gasteiger partial charge in [-0.15, -0.1) is 0 Å². The van der Waals surface area contributed by atoms with E-state index in [0.717, 1.165) is 16.0 Å². The molecule has 0 unspecified atom stereocenters. The van der Waals surface area contributed by atoms with Gasteiger partial charge < -0.3 is 15.0 Å². The predicted octanol–water partition coefficient (Wildman–Crippen LogP) is 1.01. The maximum atomic E-state index is 13.0. The second kappa shape index (κ2) is 6.84. The monoisotopic (exact) mass is 345 g/mol. The molecular formula is C18H23N3O4. The molecule has 1 aromatic rings.